The van der Waals surface area contributed by atoms with Crippen molar-refractivity contribution in [1.82, 2.24) is 0 Å². The molecule has 0 spiro atoms. The summed E-state index contributed by atoms with van der Waals surface area (Å²) in [6.07, 6.45) is 9.59. The first-order chi connectivity index (χ1) is 9.60. The first-order valence-electron chi connectivity index (χ1n) is 7.62. The summed E-state index contributed by atoms with van der Waals surface area (Å²) >= 11 is 0. The van der Waals surface area contributed by atoms with E-state index in [2.05, 4.69) is 0 Å². The van der Waals surface area contributed by atoms with Gasteiger partial charge in [0.05, 0.1) is 12.7 Å². The Morgan fingerprint density at radius 2 is 1.90 bits per heavy atom. The molecule has 116 valence electrons. The molecule has 0 unspecified atom stereocenters. The number of rotatable bonds is 11. The summed E-state index contributed by atoms with van der Waals surface area (Å²) in [5.74, 6) is -0.374. The Kier molecular flexibility index (Phi) is 11.9. The van der Waals surface area contributed by atoms with Crippen molar-refractivity contribution in [2.24, 2.45) is 0 Å². The molecule has 4 heteroatoms. The minimum Gasteiger partial charge on any atom is -0.463 e. The Morgan fingerprint density at radius 1 is 1.15 bits per heavy atom. The van der Waals surface area contributed by atoms with Crippen molar-refractivity contribution in [2.75, 3.05) is 6.61 Å². The van der Waals surface area contributed by atoms with Gasteiger partial charge in [-0.1, -0.05) is 19.4 Å². The van der Waals surface area contributed by atoms with Gasteiger partial charge < -0.3 is 9.47 Å². The molecule has 0 aliphatic heterocycles. The van der Waals surface area contributed by atoms with E-state index >= 15 is 0 Å². The third kappa shape index (κ3) is 11.8. The summed E-state index contributed by atoms with van der Waals surface area (Å²) in [4.78, 5) is 22.3. The minimum absolute atomic E-state index is 0.00382. The van der Waals surface area contributed by atoms with E-state index in [1.807, 2.05) is 19.9 Å². The van der Waals surface area contributed by atoms with Crippen LogP contribution < -0.4 is 0 Å². The Balaban J connectivity index is 3.48. The lowest BCUT2D eigenvalue weighted by molar-refractivity contribution is -0.148. The third-order valence-corrected chi connectivity index (χ3v) is 2.81. The first-order valence-corrected chi connectivity index (χ1v) is 7.62. The predicted molar refractivity (Wildman–Crippen MR) is 79.3 cm³/mol. The van der Waals surface area contributed by atoms with E-state index in [0.29, 0.717) is 13.0 Å². The average Bonchev–Trinajstić information content (AvgIpc) is 2.38. The van der Waals surface area contributed by atoms with Crippen LogP contribution in [0.25, 0.3) is 0 Å². The zero-order chi connectivity index (χ0) is 15.2. The summed E-state index contributed by atoms with van der Waals surface area (Å²) in [6, 6.07) is 0. The van der Waals surface area contributed by atoms with Gasteiger partial charge in [0.1, 0.15) is 0 Å². The summed E-state index contributed by atoms with van der Waals surface area (Å²) in [5.41, 5.74) is 0. The normalized spacial score (nSPS) is 12.3. The van der Waals surface area contributed by atoms with Crippen LogP contribution in [-0.4, -0.2) is 24.6 Å². The smallest absolute Gasteiger partial charge is 0.330 e. The number of hydrogen-bond donors (Lipinski definition) is 0. The zero-order valence-corrected chi connectivity index (χ0v) is 13.0. The first kappa shape index (κ1) is 18.7. The molecule has 0 fully saturated rings. The fraction of sp³-hybridized carbons (Fsp3) is 0.750. The molecule has 0 saturated heterocycles. The molecule has 0 bridgehead atoms. The molecule has 0 radical (unpaired) electrons. The SMILES string of the molecule is CCCC(=O)O[C@H](C)CCCCC/C=C/C(=O)OCC. The van der Waals surface area contributed by atoms with Gasteiger partial charge in [-0.2, -0.15) is 0 Å². The molecule has 0 saturated carbocycles. The summed E-state index contributed by atoms with van der Waals surface area (Å²) < 4.78 is 10.0. The fourth-order valence-corrected chi connectivity index (χ4v) is 1.79. The van der Waals surface area contributed by atoms with Crippen molar-refractivity contribution in [3.63, 3.8) is 0 Å². The lowest BCUT2D eigenvalue weighted by atomic mass is 10.1. The molecule has 0 aliphatic carbocycles. The monoisotopic (exact) mass is 284 g/mol. The molecule has 4 nitrogen and oxygen atoms in total. The number of ether oxygens (including phenoxy) is 2. The van der Waals surface area contributed by atoms with Crippen LogP contribution in [-0.2, 0) is 19.1 Å². The fourth-order valence-electron chi connectivity index (χ4n) is 1.79. The van der Waals surface area contributed by atoms with E-state index in [9.17, 15) is 9.59 Å². The van der Waals surface area contributed by atoms with Crippen LogP contribution in [0.3, 0.4) is 0 Å². The molecule has 0 heterocycles. The average molecular weight is 284 g/mol. The van der Waals surface area contributed by atoms with Crippen LogP contribution in [0, 0.1) is 0 Å². The minimum atomic E-state index is -0.274. The highest BCUT2D eigenvalue weighted by Gasteiger charge is 2.07. The van der Waals surface area contributed by atoms with Crippen LogP contribution >= 0.6 is 0 Å². The van der Waals surface area contributed by atoms with Gasteiger partial charge >= 0.3 is 11.9 Å². The van der Waals surface area contributed by atoms with Crippen LogP contribution in [0.2, 0.25) is 0 Å². The predicted octanol–water partition coefficient (Wildman–Crippen LogP) is 3.79. The summed E-state index contributed by atoms with van der Waals surface area (Å²) in [5, 5.41) is 0. The standard InChI is InChI=1S/C16H28O4/c1-4-11-16(18)20-14(3)12-9-7-6-8-10-13-15(17)19-5-2/h10,13-14H,4-9,11-12H2,1-3H3/b13-10+/t14-/m1/s1. The molecule has 1 atom stereocenters. The van der Waals surface area contributed by atoms with Gasteiger partial charge in [-0.25, -0.2) is 4.79 Å². The Labute approximate surface area is 122 Å². The molecule has 0 aromatic rings. The van der Waals surface area contributed by atoms with Crippen molar-refractivity contribution < 1.29 is 19.1 Å². The van der Waals surface area contributed by atoms with E-state index in [1.165, 1.54) is 6.08 Å². The maximum absolute atomic E-state index is 11.3. The third-order valence-electron chi connectivity index (χ3n) is 2.81. The Morgan fingerprint density at radius 3 is 2.55 bits per heavy atom. The second-order valence-corrected chi connectivity index (χ2v) is 4.84. The maximum atomic E-state index is 11.3. The largest absolute Gasteiger partial charge is 0.463 e. The number of unbranched alkanes of at least 4 members (excludes halogenated alkanes) is 3. The maximum Gasteiger partial charge on any atom is 0.330 e. The molecule has 0 rings (SSSR count). The van der Waals surface area contributed by atoms with Crippen molar-refractivity contribution >= 4 is 11.9 Å². The molecule has 20 heavy (non-hydrogen) atoms. The lowest BCUT2D eigenvalue weighted by Crippen LogP contribution is -2.14. The van der Waals surface area contributed by atoms with Gasteiger partial charge in [-0.3, -0.25) is 4.79 Å². The van der Waals surface area contributed by atoms with Gasteiger partial charge in [-0.15, -0.1) is 0 Å². The van der Waals surface area contributed by atoms with E-state index in [-0.39, 0.29) is 18.0 Å². The van der Waals surface area contributed by atoms with Crippen LogP contribution in [0.5, 0.6) is 0 Å². The van der Waals surface area contributed by atoms with Gasteiger partial charge in [0.15, 0.2) is 0 Å². The summed E-state index contributed by atoms with van der Waals surface area (Å²) in [6.45, 7) is 6.11. The lowest BCUT2D eigenvalue weighted by Gasteiger charge is -2.12. The highest BCUT2D eigenvalue weighted by atomic mass is 16.5. The van der Waals surface area contributed by atoms with Gasteiger partial charge in [0.2, 0.25) is 0 Å². The van der Waals surface area contributed by atoms with Gasteiger partial charge in [0.25, 0.3) is 0 Å². The van der Waals surface area contributed by atoms with E-state index in [4.69, 9.17) is 9.47 Å². The molecule has 0 aromatic heterocycles. The van der Waals surface area contributed by atoms with Crippen LogP contribution in [0.4, 0.5) is 0 Å². The number of carbonyl (C=O) groups is 2. The van der Waals surface area contributed by atoms with E-state index in [1.54, 1.807) is 6.92 Å². The number of esters is 2. The molecular weight excluding hydrogens is 256 g/mol. The number of hydrogen-bond acceptors (Lipinski definition) is 4. The van der Waals surface area contributed by atoms with E-state index < -0.39 is 0 Å². The second kappa shape index (κ2) is 12.7. The van der Waals surface area contributed by atoms with E-state index in [0.717, 1.165) is 38.5 Å². The molecule has 0 aromatic carbocycles. The second-order valence-electron chi connectivity index (χ2n) is 4.84. The number of carbonyl (C=O) groups excluding carboxylic acids is 2. The van der Waals surface area contributed by atoms with Crippen molar-refractivity contribution in [3.8, 4) is 0 Å². The molecule has 0 amide bonds. The Bertz CT molecular complexity index is 297. The topological polar surface area (TPSA) is 52.6 Å². The number of allylic oxidation sites excluding steroid dienone is 1. The Hall–Kier alpha value is -1.32. The zero-order valence-electron chi connectivity index (χ0n) is 13.0. The van der Waals surface area contributed by atoms with Gasteiger partial charge in [0, 0.05) is 12.5 Å². The quantitative estimate of drug-likeness (QED) is 0.329. The molecule has 0 N–H and O–H groups in total. The molecular formula is C16H28O4. The highest BCUT2D eigenvalue weighted by molar-refractivity contribution is 5.81. The summed E-state index contributed by atoms with van der Waals surface area (Å²) in [7, 11) is 0. The van der Waals surface area contributed by atoms with Crippen LogP contribution in [0.15, 0.2) is 12.2 Å². The van der Waals surface area contributed by atoms with Gasteiger partial charge in [-0.05, 0) is 46.0 Å². The van der Waals surface area contributed by atoms with Crippen molar-refractivity contribution in [3.05, 3.63) is 12.2 Å². The highest BCUT2D eigenvalue weighted by Crippen LogP contribution is 2.09. The van der Waals surface area contributed by atoms with Crippen LogP contribution in [0.1, 0.15) is 65.7 Å². The molecule has 0 aliphatic rings. The van der Waals surface area contributed by atoms with Crippen molar-refractivity contribution in [2.45, 2.75) is 71.8 Å². The van der Waals surface area contributed by atoms with Crippen molar-refractivity contribution in [1.29, 1.82) is 0 Å².